The summed E-state index contributed by atoms with van der Waals surface area (Å²) in [6.45, 7) is 1.84. The number of aromatic nitrogens is 4. The van der Waals surface area contributed by atoms with Crippen molar-refractivity contribution in [3.8, 4) is 11.8 Å². The number of hydrogen-bond acceptors (Lipinski definition) is 7. The van der Waals surface area contributed by atoms with Gasteiger partial charge >= 0.3 is 0 Å². The monoisotopic (exact) mass is 383 g/mol. The first-order valence-corrected chi connectivity index (χ1v) is 8.94. The summed E-state index contributed by atoms with van der Waals surface area (Å²) in [5.74, 6) is 0.820. The fraction of sp³-hybridized carbons (Fsp3) is 0.0952. The number of fused-ring (bicyclic) bond motifs is 1. The minimum Gasteiger partial charge on any atom is -0.368 e. The van der Waals surface area contributed by atoms with E-state index in [0.29, 0.717) is 22.4 Å². The Hall–Kier alpha value is -4.25. The number of para-hydroxylation sites is 2. The zero-order valence-corrected chi connectivity index (χ0v) is 15.6. The van der Waals surface area contributed by atoms with Crippen molar-refractivity contribution in [3.63, 3.8) is 0 Å². The highest BCUT2D eigenvalue weighted by Gasteiger charge is 2.19. The molecule has 142 valence electrons. The van der Waals surface area contributed by atoms with Crippen molar-refractivity contribution in [1.29, 1.82) is 5.26 Å². The first-order valence-electron chi connectivity index (χ1n) is 8.94. The van der Waals surface area contributed by atoms with Crippen LogP contribution in [0.25, 0.3) is 16.6 Å². The van der Waals surface area contributed by atoms with Gasteiger partial charge in [-0.3, -0.25) is 9.36 Å². The lowest BCUT2D eigenvalue weighted by molar-refractivity contribution is 0.730. The van der Waals surface area contributed by atoms with E-state index < -0.39 is 6.04 Å². The number of nitrogens with zero attached hydrogens (tertiary/aromatic N) is 5. The summed E-state index contributed by atoms with van der Waals surface area (Å²) < 4.78 is 1.57. The van der Waals surface area contributed by atoms with E-state index in [1.807, 2.05) is 55.5 Å². The van der Waals surface area contributed by atoms with Gasteiger partial charge in [0.2, 0.25) is 5.95 Å². The number of nitriles is 1. The molecule has 8 heteroatoms. The Morgan fingerprint density at radius 2 is 1.83 bits per heavy atom. The van der Waals surface area contributed by atoms with Crippen LogP contribution in [0.1, 0.15) is 24.4 Å². The number of nitrogen functional groups attached to an aromatic ring is 1. The van der Waals surface area contributed by atoms with Crippen molar-refractivity contribution in [1.82, 2.24) is 19.5 Å². The van der Waals surface area contributed by atoms with Crippen molar-refractivity contribution in [2.45, 2.75) is 13.0 Å². The molecule has 4 rings (SSSR count). The number of benzene rings is 2. The molecule has 0 unspecified atom stereocenters. The molecule has 0 amide bonds. The van der Waals surface area contributed by atoms with E-state index in [1.165, 1.54) is 6.20 Å². The van der Waals surface area contributed by atoms with Gasteiger partial charge in [0.05, 0.1) is 28.8 Å². The van der Waals surface area contributed by atoms with E-state index in [0.717, 1.165) is 0 Å². The van der Waals surface area contributed by atoms with E-state index in [-0.39, 0.29) is 22.9 Å². The molecule has 2 aromatic heterocycles. The first-order chi connectivity index (χ1) is 14.1. The van der Waals surface area contributed by atoms with Crippen LogP contribution in [-0.2, 0) is 0 Å². The fourth-order valence-electron chi connectivity index (χ4n) is 3.12. The number of anilines is 2. The van der Waals surface area contributed by atoms with Gasteiger partial charge < -0.3 is 11.1 Å². The second kappa shape index (κ2) is 7.40. The average Bonchev–Trinajstić information content (AvgIpc) is 2.74. The van der Waals surface area contributed by atoms with Gasteiger partial charge in [0.1, 0.15) is 23.3 Å². The van der Waals surface area contributed by atoms with Crippen LogP contribution >= 0.6 is 0 Å². The topological polar surface area (TPSA) is 123 Å². The molecule has 4 aromatic rings. The second-order valence-corrected chi connectivity index (χ2v) is 6.43. The van der Waals surface area contributed by atoms with Crippen molar-refractivity contribution < 1.29 is 0 Å². The number of hydrogen-bond donors (Lipinski definition) is 2. The lowest BCUT2D eigenvalue weighted by Gasteiger charge is -2.20. The Kier molecular flexibility index (Phi) is 4.63. The van der Waals surface area contributed by atoms with Crippen LogP contribution in [-0.4, -0.2) is 19.5 Å². The van der Waals surface area contributed by atoms with Crippen molar-refractivity contribution >= 4 is 22.7 Å². The Morgan fingerprint density at radius 1 is 1.10 bits per heavy atom. The number of nitrogens with one attached hydrogen (secondary N) is 1. The highest BCUT2D eigenvalue weighted by molar-refractivity contribution is 5.78. The Morgan fingerprint density at radius 3 is 2.59 bits per heavy atom. The van der Waals surface area contributed by atoms with E-state index in [4.69, 9.17) is 10.7 Å². The molecule has 0 aliphatic heterocycles. The maximum atomic E-state index is 13.3. The fourth-order valence-corrected chi connectivity index (χ4v) is 3.12. The quantitative estimate of drug-likeness (QED) is 0.555. The SMILES string of the molecule is C[C@H](Nc1nc(N)ncc1C#N)c1nc2ccccc2c(=O)n1-c1ccccc1. The van der Waals surface area contributed by atoms with Gasteiger partial charge in [0.25, 0.3) is 5.56 Å². The minimum atomic E-state index is -0.450. The van der Waals surface area contributed by atoms with Crippen LogP contribution in [0.4, 0.5) is 11.8 Å². The van der Waals surface area contributed by atoms with Crippen LogP contribution < -0.4 is 16.6 Å². The largest absolute Gasteiger partial charge is 0.368 e. The van der Waals surface area contributed by atoms with Gasteiger partial charge in [-0.25, -0.2) is 9.97 Å². The van der Waals surface area contributed by atoms with Gasteiger partial charge in [-0.15, -0.1) is 0 Å². The third-order valence-electron chi connectivity index (χ3n) is 4.48. The van der Waals surface area contributed by atoms with Gasteiger partial charge in [-0.2, -0.15) is 10.2 Å². The van der Waals surface area contributed by atoms with Crippen LogP contribution in [0.15, 0.2) is 65.6 Å². The minimum absolute atomic E-state index is 0.0469. The summed E-state index contributed by atoms with van der Waals surface area (Å²) in [5, 5.41) is 13.0. The maximum Gasteiger partial charge on any atom is 0.266 e. The van der Waals surface area contributed by atoms with Gasteiger partial charge in [-0.1, -0.05) is 30.3 Å². The van der Waals surface area contributed by atoms with E-state index in [1.54, 1.807) is 16.7 Å². The van der Waals surface area contributed by atoms with Crippen LogP contribution in [0.3, 0.4) is 0 Å². The smallest absolute Gasteiger partial charge is 0.266 e. The molecule has 0 bridgehead atoms. The molecule has 0 spiro atoms. The number of rotatable bonds is 4. The van der Waals surface area contributed by atoms with Gasteiger partial charge in [-0.05, 0) is 31.2 Å². The molecule has 3 N–H and O–H groups in total. The second-order valence-electron chi connectivity index (χ2n) is 6.43. The van der Waals surface area contributed by atoms with Crippen molar-refractivity contribution in [3.05, 3.63) is 82.5 Å². The summed E-state index contributed by atoms with van der Waals surface area (Å²) in [6, 6.07) is 18.1. The molecule has 2 heterocycles. The summed E-state index contributed by atoms with van der Waals surface area (Å²) in [4.78, 5) is 26.0. The molecule has 0 saturated carbocycles. The Balaban J connectivity index is 1.90. The predicted octanol–water partition coefficient (Wildman–Crippen LogP) is 2.80. The normalized spacial score (nSPS) is 11.7. The van der Waals surface area contributed by atoms with Crippen LogP contribution in [0.2, 0.25) is 0 Å². The average molecular weight is 383 g/mol. The third kappa shape index (κ3) is 3.37. The molecule has 8 nitrogen and oxygen atoms in total. The van der Waals surface area contributed by atoms with E-state index in [9.17, 15) is 10.1 Å². The summed E-state index contributed by atoms with van der Waals surface area (Å²) in [6.07, 6.45) is 1.36. The zero-order chi connectivity index (χ0) is 20.4. The lowest BCUT2D eigenvalue weighted by atomic mass is 10.2. The molecular formula is C21H17N7O. The molecule has 2 aromatic carbocycles. The molecular weight excluding hydrogens is 366 g/mol. The summed E-state index contributed by atoms with van der Waals surface area (Å²) >= 11 is 0. The third-order valence-corrected chi connectivity index (χ3v) is 4.48. The van der Waals surface area contributed by atoms with Crippen LogP contribution in [0, 0.1) is 11.3 Å². The molecule has 0 fully saturated rings. The Labute approximate surface area is 166 Å². The van der Waals surface area contributed by atoms with Gasteiger partial charge in [0.15, 0.2) is 0 Å². The van der Waals surface area contributed by atoms with E-state index in [2.05, 4.69) is 15.3 Å². The van der Waals surface area contributed by atoms with Gasteiger partial charge in [0, 0.05) is 0 Å². The molecule has 0 saturated heterocycles. The predicted molar refractivity (Wildman–Crippen MR) is 111 cm³/mol. The standard InChI is InChI=1S/C21H17N7O/c1-13(25-18-14(11-22)12-24-21(23)27-18)19-26-17-10-6-5-9-16(17)20(29)28(19)15-7-3-2-4-8-15/h2-10,12-13H,1H3,(H3,23,24,25,27)/t13-/m0/s1. The van der Waals surface area contributed by atoms with Crippen molar-refractivity contribution in [2.24, 2.45) is 0 Å². The highest BCUT2D eigenvalue weighted by atomic mass is 16.1. The van der Waals surface area contributed by atoms with Crippen LogP contribution in [0.5, 0.6) is 0 Å². The molecule has 1 atom stereocenters. The van der Waals surface area contributed by atoms with E-state index >= 15 is 0 Å². The molecule has 0 radical (unpaired) electrons. The lowest BCUT2D eigenvalue weighted by Crippen LogP contribution is -2.27. The molecule has 0 aliphatic carbocycles. The summed E-state index contributed by atoms with van der Waals surface area (Å²) in [7, 11) is 0. The Bertz CT molecular complexity index is 1290. The molecule has 29 heavy (non-hydrogen) atoms. The van der Waals surface area contributed by atoms with Crippen molar-refractivity contribution in [2.75, 3.05) is 11.1 Å². The summed E-state index contributed by atoms with van der Waals surface area (Å²) in [5.41, 5.74) is 7.04. The zero-order valence-electron chi connectivity index (χ0n) is 15.6. The first kappa shape index (κ1) is 18.1. The highest BCUT2D eigenvalue weighted by Crippen LogP contribution is 2.22. The number of nitrogens with two attached hydrogens (primary N) is 1. The maximum absolute atomic E-state index is 13.3. The molecule has 0 aliphatic rings.